The van der Waals surface area contributed by atoms with Gasteiger partial charge in [-0.1, -0.05) is 36.2 Å². The summed E-state index contributed by atoms with van der Waals surface area (Å²) in [4.78, 5) is 16.0. The van der Waals surface area contributed by atoms with Crippen LogP contribution in [-0.4, -0.2) is 66.8 Å². The molecule has 5 rings (SSSR count). The molecule has 7 heteroatoms. The number of ketones is 1. The van der Waals surface area contributed by atoms with Gasteiger partial charge in [0.05, 0.1) is 24.3 Å². The molecule has 2 atom stereocenters. The van der Waals surface area contributed by atoms with Gasteiger partial charge in [0.1, 0.15) is 12.4 Å². The third-order valence-electron chi connectivity index (χ3n) is 9.37. The molecule has 0 amide bonds. The molecule has 43 heavy (non-hydrogen) atoms. The fourth-order valence-electron chi connectivity index (χ4n) is 6.94. The molecule has 2 bridgehead atoms. The second-order valence-corrected chi connectivity index (χ2v) is 13.5. The lowest BCUT2D eigenvalue weighted by atomic mass is 9.81. The predicted molar refractivity (Wildman–Crippen MR) is 173 cm³/mol. The molecule has 0 saturated carbocycles. The standard InChI is InChI=1S/C36H50N4O3/c1-24-19-25(2)21-29(20-24)32-31(26(3)22-37-16-8-7-9-27-10-12-30(42-6)13-11-27)35(39-38-32)43-23-36(4,5)34(41)33-28-14-17-40(33)18-15-28/h10-13,19-21,26,28,33,37H,7-9,14-18,22-23H2,1-6H3,(H,38,39)/t26-,33?/m1/s1. The van der Waals surface area contributed by atoms with Crippen LogP contribution in [0.5, 0.6) is 11.6 Å². The van der Waals surface area contributed by atoms with Crippen molar-refractivity contribution in [3.05, 3.63) is 64.7 Å². The summed E-state index contributed by atoms with van der Waals surface area (Å²) < 4.78 is 11.7. The number of carbonyl (C=O) groups excluding carboxylic acids is 1. The summed E-state index contributed by atoms with van der Waals surface area (Å²) >= 11 is 0. The van der Waals surface area contributed by atoms with Crippen molar-refractivity contribution in [1.29, 1.82) is 0 Å². The molecule has 1 unspecified atom stereocenters. The molecule has 2 saturated heterocycles. The summed E-state index contributed by atoms with van der Waals surface area (Å²) in [6.07, 6.45) is 5.58. The van der Waals surface area contributed by atoms with Crippen LogP contribution >= 0.6 is 0 Å². The highest BCUT2D eigenvalue weighted by Gasteiger charge is 2.48. The Kier molecular flexibility index (Phi) is 9.92. The molecule has 3 heterocycles. The summed E-state index contributed by atoms with van der Waals surface area (Å²) in [7, 11) is 1.70. The van der Waals surface area contributed by atoms with Gasteiger partial charge in [-0.2, -0.15) is 0 Å². The number of hydrogen-bond acceptors (Lipinski definition) is 6. The van der Waals surface area contributed by atoms with Crippen molar-refractivity contribution in [2.45, 2.75) is 78.7 Å². The number of benzene rings is 2. The van der Waals surface area contributed by atoms with E-state index in [0.29, 0.717) is 24.2 Å². The molecule has 2 fully saturated rings. The second kappa shape index (κ2) is 13.6. The smallest absolute Gasteiger partial charge is 0.236 e. The Labute approximate surface area is 257 Å². The molecular formula is C36H50N4O3. The Morgan fingerprint density at radius 3 is 2.42 bits per heavy atom. The van der Waals surface area contributed by atoms with Crippen molar-refractivity contribution in [3.63, 3.8) is 0 Å². The minimum atomic E-state index is -0.586. The lowest BCUT2D eigenvalue weighted by Crippen LogP contribution is -2.44. The minimum Gasteiger partial charge on any atom is -0.497 e. The van der Waals surface area contributed by atoms with Gasteiger partial charge in [-0.3, -0.25) is 14.8 Å². The number of nitrogens with one attached hydrogen (secondary N) is 2. The Balaban J connectivity index is 1.23. The molecule has 1 aromatic heterocycles. The van der Waals surface area contributed by atoms with E-state index in [0.717, 1.165) is 80.9 Å². The van der Waals surface area contributed by atoms with Gasteiger partial charge in [0.25, 0.3) is 0 Å². The monoisotopic (exact) mass is 586 g/mol. The van der Waals surface area contributed by atoms with Gasteiger partial charge in [-0.15, -0.1) is 5.10 Å². The SMILES string of the molecule is COc1ccc(CCCCNC[C@@H](C)c2c(OCC(C)(C)C(=O)C3C4CCN3CC4)n[nH]c2-c2cc(C)cc(C)c2)cc1. The number of carbonyl (C=O) groups is 1. The van der Waals surface area contributed by atoms with Gasteiger partial charge in [-0.05, 0) is 115 Å². The first kappa shape index (κ1) is 31.3. The molecule has 2 aliphatic rings. The number of fused-ring (bicyclic) bond motifs is 2. The minimum absolute atomic E-state index is 0.0518. The van der Waals surface area contributed by atoms with Gasteiger partial charge in [0, 0.05) is 23.6 Å². The van der Waals surface area contributed by atoms with Crippen molar-refractivity contribution >= 4 is 5.78 Å². The van der Waals surface area contributed by atoms with Crippen LogP contribution in [0.2, 0.25) is 0 Å². The lowest BCUT2D eigenvalue weighted by molar-refractivity contribution is -0.133. The number of nitrogens with zero attached hydrogens (tertiary/aromatic N) is 2. The van der Waals surface area contributed by atoms with Crippen LogP contribution in [0.1, 0.15) is 74.6 Å². The summed E-state index contributed by atoms with van der Waals surface area (Å²) in [5.74, 6) is 2.49. The summed E-state index contributed by atoms with van der Waals surface area (Å²) in [6, 6.07) is 15.0. The predicted octanol–water partition coefficient (Wildman–Crippen LogP) is 6.49. The molecule has 2 aromatic carbocycles. The number of methoxy groups -OCH3 is 1. The summed E-state index contributed by atoms with van der Waals surface area (Å²) in [5, 5.41) is 11.6. The van der Waals surface area contributed by atoms with Crippen molar-refractivity contribution in [2.75, 3.05) is 39.9 Å². The number of rotatable bonds is 15. The molecule has 0 spiro atoms. The number of Topliss-reactive ketones (excluding diaryl/α,β-unsaturated/α-hetero) is 1. The van der Waals surface area contributed by atoms with E-state index >= 15 is 0 Å². The molecular weight excluding hydrogens is 536 g/mol. The highest BCUT2D eigenvalue weighted by molar-refractivity contribution is 5.90. The fourth-order valence-corrected chi connectivity index (χ4v) is 6.94. The Hall–Kier alpha value is -3.16. The molecule has 2 aliphatic heterocycles. The number of unbranched alkanes of at least 4 members (excludes halogenated alkanes) is 1. The van der Waals surface area contributed by atoms with Crippen LogP contribution < -0.4 is 14.8 Å². The highest BCUT2D eigenvalue weighted by atomic mass is 16.5. The van der Waals surface area contributed by atoms with Gasteiger partial charge >= 0.3 is 0 Å². The van der Waals surface area contributed by atoms with Crippen LogP contribution in [-0.2, 0) is 11.2 Å². The molecule has 3 aromatic rings. The van der Waals surface area contributed by atoms with E-state index in [-0.39, 0.29) is 12.0 Å². The summed E-state index contributed by atoms with van der Waals surface area (Å²) in [5.41, 5.74) is 6.38. The number of aromatic amines is 1. The fraction of sp³-hybridized carbons (Fsp3) is 0.556. The zero-order chi connectivity index (χ0) is 30.6. The van der Waals surface area contributed by atoms with Gasteiger partial charge in [0.15, 0.2) is 5.78 Å². The first-order chi connectivity index (χ1) is 20.7. The average Bonchev–Trinajstić information content (AvgIpc) is 3.72. The molecule has 7 nitrogen and oxygen atoms in total. The third-order valence-corrected chi connectivity index (χ3v) is 9.37. The van der Waals surface area contributed by atoms with E-state index in [2.05, 4.69) is 71.5 Å². The molecule has 2 N–H and O–H groups in total. The van der Waals surface area contributed by atoms with E-state index in [4.69, 9.17) is 9.47 Å². The highest BCUT2D eigenvalue weighted by Crippen LogP contribution is 2.40. The molecule has 0 radical (unpaired) electrons. The van der Waals surface area contributed by atoms with E-state index in [1.807, 2.05) is 26.0 Å². The van der Waals surface area contributed by atoms with E-state index in [9.17, 15) is 4.79 Å². The topological polar surface area (TPSA) is 79.5 Å². The number of H-pyrrole nitrogens is 1. The number of piperidine rings is 1. The number of hydrogen-bond donors (Lipinski definition) is 2. The van der Waals surface area contributed by atoms with Crippen LogP contribution in [0.15, 0.2) is 42.5 Å². The maximum atomic E-state index is 13.7. The molecule has 0 aliphatic carbocycles. The first-order valence-corrected chi connectivity index (χ1v) is 16.1. The van der Waals surface area contributed by atoms with Gasteiger partial charge < -0.3 is 14.8 Å². The summed E-state index contributed by atoms with van der Waals surface area (Å²) in [6.45, 7) is 14.7. The van der Waals surface area contributed by atoms with Gasteiger partial charge in [-0.25, -0.2) is 0 Å². The van der Waals surface area contributed by atoms with Crippen molar-refractivity contribution < 1.29 is 14.3 Å². The quantitative estimate of drug-likeness (QED) is 0.198. The van der Waals surface area contributed by atoms with E-state index < -0.39 is 5.41 Å². The first-order valence-electron chi connectivity index (χ1n) is 16.1. The number of aryl methyl sites for hydroxylation is 3. The molecule has 232 valence electrons. The number of ether oxygens (including phenoxy) is 2. The maximum absolute atomic E-state index is 13.7. The van der Waals surface area contributed by atoms with Crippen LogP contribution in [0, 0.1) is 25.2 Å². The van der Waals surface area contributed by atoms with Crippen LogP contribution in [0.25, 0.3) is 11.3 Å². The van der Waals surface area contributed by atoms with Crippen LogP contribution in [0.4, 0.5) is 0 Å². The van der Waals surface area contributed by atoms with Crippen LogP contribution in [0.3, 0.4) is 0 Å². The van der Waals surface area contributed by atoms with Gasteiger partial charge in [0.2, 0.25) is 5.88 Å². The third kappa shape index (κ3) is 7.32. The average molecular weight is 587 g/mol. The van der Waals surface area contributed by atoms with E-state index in [1.165, 1.54) is 16.7 Å². The van der Waals surface area contributed by atoms with Crippen molar-refractivity contribution in [1.82, 2.24) is 20.4 Å². The second-order valence-electron chi connectivity index (χ2n) is 13.5. The van der Waals surface area contributed by atoms with Crippen molar-refractivity contribution in [2.24, 2.45) is 11.3 Å². The lowest BCUT2D eigenvalue weighted by Gasteiger charge is -2.29. The zero-order valence-electron chi connectivity index (χ0n) is 27.0. The Morgan fingerprint density at radius 1 is 1.09 bits per heavy atom. The zero-order valence-corrected chi connectivity index (χ0v) is 27.0. The Morgan fingerprint density at radius 2 is 1.79 bits per heavy atom. The van der Waals surface area contributed by atoms with Crippen molar-refractivity contribution in [3.8, 4) is 22.9 Å². The Bertz CT molecular complexity index is 1340. The normalized spacial score (nSPS) is 20.4. The van der Waals surface area contributed by atoms with E-state index in [1.54, 1.807) is 7.11 Å². The largest absolute Gasteiger partial charge is 0.497 e. The maximum Gasteiger partial charge on any atom is 0.236 e. The number of aromatic nitrogens is 2.